The first-order chi connectivity index (χ1) is 16.8. The maximum Gasteiger partial charge on any atom is 0.291 e. The van der Waals surface area contributed by atoms with Crippen molar-refractivity contribution in [2.75, 3.05) is 19.7 Å². The topological polar surface area (TPSA) is 119 Å². The molecule has 0 saturated heterocycles. The smallest absolute Gasteiger partial charge is 0.291 e. The number of hydrogen-bond acceptors (Lipinski definition) is 7. The predicted molar refractivity (Wildman–Crippen MR) is 134 cm³/mol. The number of nitrogens with one attached hydrogen (secondary N) is 2. The van der Waals surface area contributed by atoms with Crippen molar-refractivity contribution >= 4 is 23.6 Å². The van der Waals surface area contributed by atoms with Crippen molar-refractivity contribution in [1.82, 2.24) is 15.8 Å². The van der Waals surface area contributed by atoms with E-state index in [2.05, 4.69) is 15.8 Å². The van der Waals surface area contributed by atoms with Gasteiger partial charge in [-0.2, -0.15) is 0 Å². The highest BCUT2D eigenvalue weighted by atomic mass is 32.2. The number of carbonyl (C=O) groups is 2. The molecule has 6 rings (SSSR count). The lowest BCUT2D eigenvalue weighted by Gasteiger charge is -2.54. The van der Waals surface area contributed by atoms with Gasteiger partial charge < -0.3 is 25.6 Å². The first kappa shape index (κ1) is 24.9. The second-order valence-electron chi connectivity index (χ2n) is 11.8. The van der Waals surface area contributed by atoms with Crippen LogP contribution in [0, 0.1) is 29.1 Å². The number of hydrogen-bond donors (Lipinski definition) is 3. The maximum absolute atomic E-state index is 13.5. The molecule has 0 aliphatic heterocycles. The molecule has 5 aliphatic carbocycles. The molecule has 4 bridgehead atoms. The molecule has 1 heterocycles. The highest BCUT2D eigenvalue weighted by Gasteiger charge is 2.49. The van der Waals surface area contributed by atoms with Gasteiger partial charge in [0.2, 0.25) is 11.7 Å². The molecule has 0 spiro atoms. The summed E-state index contributed by atoms with van der Waals surface area (Å²) in [5, 5.41) is 10.8. The quantitative estimate of drug-likeness (QED) is 0.444. The second-order valence-corrected chi connectivity index (χ2v) is 13.1. The highest BCUT2D eigenvalue weighted by Crippen LogP contribution is 2.54. The van der Waals surface area contributed by atoms with E-state index < -0.39 is 5.41 Å². The van der Waals surface area contributed by atoms with Gasteiger partial charge in [0.15, 0.2) is 0 Å². The van der Waals surface area contributed by atoms with Crippen molar-refractivity contribution in [3.8, 4) is 5.88 Å². The molecular formula is C26H40N4O4S. The Kier molecular flexibility index (Phi) is 7.35. The fourth-order valence-electron chi connectivity index (χ4n) is 6.90. The van der Waals surface area contributed by atoms with Gasteiger partial charge in [-0.05, 0) is 87.6 Å². The van der Waals surface area contributed by atoms with Gasteiger partial charge in [0.05, 0.1) is 5.41 Å². The van der Waals surface area contributed by atoms with Crippen LogP contribution in [-0.4, -0.2) is 48.0 Å². The Balaban J connectivity index is 1.30. The molecule has 5 aliphatic rings. The Morgan fingerprint density at radius 2 is 1.77 bits per heavy atom. The molecule has 0 atom stereocenters. The van der Waals surface area contributed by atoms with Crippen LogP contribution in [0.1, 0.15) is 82.2 Å². The van der Waals surface area contributed by atoms with Crippen LogP contribution in [0.15, 0.2) is 9.42 Å². The van der Waals surface area contributed by atoms with Crippen LogP contribution in [0.2, 0.25) is 0 Å². The normalized spacial score (nSPS) is 30.0. The van der Waals surface area contributed by atoms with E-state index in [4.69, 9.17) is 15.0 Å². The summed E-state index contributed by atoms with van der Waals surface area (Å²) in [6, 6.07) is 0.235. The molecule has 4 N–H and O–H groups in total. The average Bonchev–Trinajstić information content (AvgIpc) is 3.48. The Bertz CT molecular complexity index is 898. The second kappa shape index (κ2) is 10.3. The Labute approximate surface area is 212 Å². The van der Waals surface area contributed by atoms with Crippen molar-refractivity contribution < 1.29 is 18.8 Å². The van der Waals surface area contributed by atoms with Crippen LogP contribution in [0.3, 0.4) is 0 Å². The number of ether oxygens (including phenoxy) is 1. The molecule has 5 saturated carbocycles. The molecular weight excluding hydrogens is 464 g/mol. The van der Waals surface area contributed by atoms with Crippen molar-refractivity contribution in [2.45, 2.75) is 87.8 Å². The van der Waals surface area contributed by atoms with Gasteiger partial charge >= 0.3 is 0 Å². The summed E-state index contributed by atoms with van der Waals surface area (Å²) in [5.74, 6) is 3.17. The van der Waals surface area contributed by atoms with Gasteiger partial charge in [-0.1, -0.05) is 12.8 Å². The molecule has 0 radical (unpaired) electrons. The first-order valence-corrected chi connectivity index (χ1v) is 14.3. The third-order valence-electron chi connectivity index (χ3n) is 8.55. The van der Waals surface area contributed by atoms with E-state index in [0.29, 0.717) is 41.0 Å². The minimum absolute atomic E-state index is 0.128. The molecule has 8 nitrogen and oxygen atoms in total. The Hall–Kier alpha value is -1.74. The number of rotatable bonds is 10. The summed E-state index contributed by atoms with van der Waals surface area (Å²) in [6.07, 6.45) is 11.0. The zero-order valence-corrected chi connectivity index (χ0v) is 21.8. The zero-order chi connectivity index (χ0) is 24.6. The lowest BCUT2D eigenvalue weighted by atomic mass is 9.54. The van der Waals surface area contributed by atoms with Crippen molar-refractivity contribution in [1.29, 1.82) is 0 Å². The molecule has 0 aromatic carbocycles. The third kappa shape index (κ3) is 5.36. The fourth-order valence-corrected chi connectivity index (χ4v) is 8.23. The number of amides is 2. The van der Waals surface area contributed by atoms with Crippen LogP contribution >= 0.6 is 11.8 Å². The van der Waals surface area contributed by atoms with Crippen LogP contribution in [0.5, 0.6) is 5.88 Å². The van der Waals surface area contributed by atoms with E-state index >= 15 is 0 Å². The van der Waals surface area contributed by atoms with Gasteiger partial charge in [-0.25, -0.2) is 0 Å². The van der Waals surface area contributed by atoms with Crippen LogP contribution in [-0.2, 0) is 4.79 Å². The third-order valence-corrected chi connectivity index (χ3v) is 9.95. The summed E-state index contributed by atoms with van der Waals surface area (Å²) >= 11 is 1.64. The maximum atomic E-state index is 13.5. The van der Waals surface area contributed by atoms with Crippen molar-refractivity contribution in [2.24, 2.45) is 34.8 Å². The Morgan fingerprint density at radius 3 is 2.40 bits per heavy atom. The van der Waals surface area contributed by atoms with Gasteiger partial charge in [0, 0.05) is 24.4 Å². The first-order valence-electron chi connectivity index (χ1n) is 13.4. The monoisotopic (exact) mass is 504 g/mol. The molecule has 2 amide bonds. The number of carbonyl (C=O) groups excluding carboxylic acids is 2. The summed E-state index contributed by atoms with van der Waals surface area (Å²) in [4.78, 5) is 26.7. The lowest BCUT2D eigenvalue weighted by Crippen LogP contribution is -2.55. The van der Waals surface area contributed by atoms with Gasteiger partial charge in [0.1, 0.15) is 11.5 Å². The molecule has 194 valence electrons. The van der Waals surface area contributed by atoms with E-state index in [1.807, 2.05) is 13.8 Å². The summed E-state index contributed by atoms with van der Waals surface area (Å²) in [7, 11) is 0. The molecule has 0 unspecified atom stereocenters. The molecule has 35 heavy (non-hydrogen) atoms. The molecule has 5 fully saturated rings. The van der Waals surface area contributed by atoms with Gasteiger partial charge in [-0.3, -0.25) is 9.59 Å². The van der Waals surface area contributed by atoms with Gasteiger partial charge in [0.25, 0.3) is 11.8 Å². The van der Waals surface area contributed by atoms with Gasteiger partial charge in [-0.15, -0.1) is 11.8 Å². The zero-order valence-electron chi connectivity index (χ0n) is 21.0. The minimum Gasteiger partial charge on any atom is -0.474 e. The SMILES string of the molecule is CC(C)(COc1noc(C(=O)NC2C3CC4CC(C3)CC2C4)c1SC1CCCC1)C(=O)NCCN. The van der Waals surface area contributed by atoms with E-state index in [0.717, 1.165) is 24.7 Å². The fraction of sp³-hybridized carbons (Fsp3) is 0.808. The highest BCUT2D eigenvalue weighted by molar-refractivity contribution is 8.00. The number of nitrogens with two attached hydrogens (primary N) is 1. The van der Waals surface area contributed by atoms with E-state index in [9.17, 15) is 9.59 Å². The van der Waals surface area contributed by atoms with E-state index in [-0.39, 0.29) is 30.2 Å². The van der Waals surface area contributed by atoms with E-state index in [1.165, 1.54) is 44.9 Å². The Morgan fingerprint density at radius 1 is 1.11 bits per heavy atom. The number of aromatic nitrogens is 1. The molecule has 9 heteroatoms. The van der Waals surface area contributed by atoms with Crippen LogP contribution in [0.4, 0.5) is 0 Å². The average molecular weight is 505 g/mol. The van der Waals surface area contributed by atoms with Crippen molar-refractivity contribution in [3.63, 3.8) is 0 Å². The largest absolute Gasteiger partial charge is 0.474 e. The number of thioether (sulfide) groups is 1. The summed E-state index contributed by atoms with van der Waals surface area (Å²) in [6.45, 7) is 4.58. The molecule has 1 aromatic rings. The van der Waals surface area contributed by atoms with Crippen LogP contribution < -0.4 is 21.1 Å². The van der Waals surface area contributed by atoms with Crippen LogP contribution in [0.25, 0.3) is 0 Å². The summed E-state index contributed by atoms with van der Waals surface area (Å²) < 4.78 is 11.7. The number of nitrogens with zero attached hydrogens (tertiary/aromatic N) is 1. The summed E-state index contributed by atoms with van der Waals surface area (Å²) in [5.41, 5.74) is 4.74. The van der Waals surface area contributed by atoms with E-state index in [1.54, 1.807) is 11.8 Å². The molecule has 1 aromatic heterocycles. The standard InChI is InChI=1S/C26H40N4O4S/c1-26(2,25(32)28-8-7-27)14-33-24-22(35-19-5-3-4-6-19)21(34-30-24)23(31)29-20-17-10-15-9-16(12-17)13-18(20)11-15/h15-20H,3-14,27H2,1-2H3,(H,28,32)(H,29,31). The van der Waals surface area contributed by atoms with Crippen molar-refractivity contribution in [3.05, 3.63) is 5.76 Å². The predicted octanol–water partition coefficient (Wildman–Crippen LogP) is 3.74. The minimum atomic E-state index is -0.772. The lowest BCUT2D eigenvalue weighted by molar-refractivity contribution is -0.130.